The zero-order chi connectivity index (χ0) is 26.7. The Kier molecular flexibility index (Phi) is 8.76. The lowest BCUT2D eigenvalue weighted by Crippen LogP contribution is -2.39. The lowest BCUT2D eigenvalue weighted by molar-refractivity contribution is -0.139. The molecule has 1 aliphatic heterocycles. The Hall–Kier alpha value is -2.63. The molecule has 1 aliphatic rings. The molecule has 0 fully saturated rings. The van der Waals surface area contributed by atoms with Gasteiger partial charge in [0.05, 0.1) is 45.2 Å². The van der Waals surface area contributed by atoms with E-state index >= 15 is 0 Å². The van der Waals surface area contributed by atoms with Crippen molar-refractivity contribution < 1.29 is 19.0 Å². The lowest BCUT2D eigenvalue weighted by atomic mass is 9.96. The summed E-state index contributed by atoms with van der Waals surface area (Å²) < 4.78 is 19.6. The van der Waals surface area contributed by atoms with Crippen LogP contribution < -0.4 is 24.4 Å². The Morgan fingerprint density at radius 2 is 1.84 bits per heavy atom. The van der Waals surface area contributed by atoms with Crippen molar-refractivity contribution in [1.29, 1.82) is 0 Å². The van der Waals surface area contributed by atoms with Gasteiger partial charge >= 0.3 is 5.97 Å². The summed E-state index contributed by atoms with van der Waals surface area (Å²) in [5.74, 6) is 0.862. The molecular formula is C27H26ClIN2O5S. The SMILES string of the molecule is CCOC(=O)C1=C(C)N=c2s/c(=C\c3cc(Cl)cc(I)c3OCC)c(=O)n2[C@H]1c1ccc(OCC)cc1. The summed E-state index contributed by atoms with van der Waals surface area (Å²) in [6, 6.07) is 10.3. The van der Waals surface area contributed by atoms with E-state index in [0.717, 1.165) is 9.13 Å². The summed E-state index contributed by atoms with van der Waals surface area (Å²) in [6.45, 7) is 8.54. The number of esters is 1. The highest BCUT2D eigenvalue weighted by molar-refractivity contribution is 14.1. The van der Waals surface area contributed by atoms with E-state index in [1.807, 2.05) is 44.2 Å². The van der Waals surface area contributed by atoms with Gasteiger partial charge in [0.2, 0.25) is 0 Å². The molecule has 0 aliphatic carbocycles. The van der Waals surface area contributed by atoms with Gasteiger partial charge in [0.1, 0.15) is 11.5 Å². The van der Waals surface area contributed by atoms with Gasteiger partial charge in [0.25, 0.3) is 5.56 Å². The second-order valence-electron chi connectivity index (χ2n) is 8.04. The molecule has 7 nitrogen and oxygen atoms in total. The van der Waals surface area contributed by atoms with Crippen molar-refractivity contribution in [3.63, 3.8) is 0 Å². The van der Waals surface area contributed by atoms with Crippen LogP contribution in [0.2, 0.25) is 5.02 Å². The highest BCUT2D eigenvalue weighted by atomic mass is 127. The minimum absolute atomic E-state index is 0.212. The van der Waals surface area contributed by atoms with Crippen LogP contribution in [-0.4, -0.2) is 30.4 Å². The van der Waals surface area contributed by atoms with Crippen molar-refractivity contribution in [1.82, 2.24) is 4.57 Å². The van der Waals surface area contributed by atoms with Gasteiger partial charge in [-0.1, -0.05) is 35.1 Å². The summed E-state index contributed by atoms with van der Waals surface area (Å²) in [4.78, 5) is 32.0. The van der Waals surface area contributed by atoms with E-state index < -0.39 is 12.0 Å². The van der Waals surface area contributed by atoms with Crippen LogP contribution in [0.25, 0.3) is 6.08 Å². The van der Waals surface area contributed by atoms with E-state index in [2.05, 4.69) is 27.6 Å². The molecule has 0 N–H and O–H groups in total. The predicted molar refractivity (Wildman–Crippen MR) is 153 cm³/mol. The molecule has 2 heterocycles. The number of ether oxygens (including phenoxy) is 3. The largest absolute Gasteiger partial charge is 0.494 e. The van der Waals surface area contributed by atoms with Crippen LogP contribution in [0.4, 0.5) is 0 Å². The van der Waals surface area contributed by atoms with Crippen molar-refractivity contribution in [3.8, 4) is 11.5 Å². The third-order valence-electron chi connectivity index (χ3n) is 5.64. The van der Waals surface area contributed by atoms with Crippen molar-refractivity contribution in [2.24, 2.45) is 4.99 Å². The molecule has 0 amide bonds. The number of nitrogens with zero attached hydrogens (tertiary/aromatic N) is 2. The third-order valence-corrected chi connectivity index (χ3v) is 7.64. The molecule has 194 valence electrons. The summed E-state index contributed by atoms with van der Waals surface area (Å²) >= 11 is 9.74. The second kappa shape index (κ2) is 11.8. The van der Waals surface area contributed by atoms with E-state index in [1.165, 1.54) is 11.3 Å². The van der Waals surface area contributed by atoms with Crippen molar-refractivity contribution in [2.75, 3.05) is 19.8 Å². The van der Waals surface area contributed by atoms with E-state index in [9.17, 15) is 9.59 Å². The number of hydrogen-bond acceptors (Lipinski definition) is 7. The Balaban J connectivity index is 1.94. The van der Waals surface area contributed by atoms with Crippen molar-refractivity contribution in [2.45, 2.75) is 33.7 Å². The molecular weight excluding hydrogens is 627 g/mol. The number of hydrogen-bond donors (Lipinski definition) is 0. The van der Waals surface area contributed by atoms with E-state index in [4.69, 9.17) is 25.8 Å². The number of allylic oxidation sites excluding steroid dienone is 1. The fourth-order valence-corrected chi connectivity index (χ4v) is 6.40. The van der Waals surface area contributed by atoms with Crippen LogP contribution in [-0.2, 0) is 9.53 Å². The van der Waals surface area contributed by atoms with E-state index in [1.54, 1.807) is 30.6 Å². The van der Waals surface area contributed by atoms with Gasteiger partial charge in [0, 0.05) is 10.6 Å². The highest BCUT2D eigenvalue weighted by Crippen LogP contribution is 2.32. The normalized spacial score (nSPS) is 15.3. The Bertz CT molecular complexity index is 1540. The predicted octanol–water partition coefficient (Wildman–Crippen LogP) is 4.85. The minimum Gasteiger partial charge on any atom is -0.494 e. The fraction of sp³-hybridized carbons (Fsp3) is 0.296. The fourth-order valence-electron chi connectivity index (χ4n) is 4.15. The molecule has 3 aromatic rings. The van der Waals surface area contributed by atoms with Gasteiger partial charge < -0.3 is 14.2 Å². The maximum Gasteiger partial charge on any atom is 0.338 e. The van der Waals surface area contributed by atoms with Gasteiger partial charge in [-0.3, -0.25) is 9.36 Å². The van der Waals surface area contributed by atoms with Crippen LogP contribution in [0.3, 0.4) is 0 Å². The number of carbonyl (C=O) groups excluding carboxylic acids is 1. The smallest absolute Gasteiger partial charge is 0.338 e. The van der Waals surface area contributed by atoms with Crippen LogP contribution in [0.5, 0.6) is 11.5 Å². The number of aromatic nitrogens is 1. The monoisotopic (exact) mass is 652 g/mol. The second-order valence-corrected chi connectivity index (χ2v) is 10.7. The maximum atomic E-state index is 13.8. The average Bonchev–Trinajstić information content (AvgIpc) is 3.15. The minimum atomic E-state index is -0.695. The molecule has 10 heteroatoms. The first kappa shape index (κ1) is 27.4. The van der Waals surface area contributed by atoms with Crippen LogP contribution >= 0.6 is 45.5 Å². The third kappa shape index (κ3) is 5.63. The molecule has 2 aromatic carbocycles. The molecule has 0 spiro atoms. The van der Waals surface area contributed by atoms with E-state index in [-0.39, 0.29) is 12.2 Å². The molecule has 1 atom stereocenters. The van der Waals surface area contributed by atoms with Gasteiger partial charge in [-0.2, -0.15) is 0 Å². The van der Waals surface area contributed by atoms with Crippen molar-refractivity contribution >= 4 is 57.6 Å². The Labute approximate surface area is 237 Å². The average molecular weight is 653 g/mol. The maximum absolute atomic E-state index is 13.8. The molecule has 4 rings (SSSR count). The molecule has 0 radical (unpaired) electrons. The summed E-state index contributed by atoms with van der Waals surface area (Å²) in [6.07, 6.45) is 1.77. The van der Waals surface area contributed by atoms with Gasteiger partial charge in [-0.05, 0) is 86.2 Å². The van der Waals surface area contributed by atoms with E-state index in [0.29, 0.717) is 55.9 Å². The summed E-state index contributed by atoms with van der Waals surface area (Å²) in [7, 11) is 0. The van der Waals surface area contributed by atoms with Crippen molar-refractivity contribution in [3.05, 3.63) is 87.1 Å². The number of fused-ring (bicyclic) bond motifs is 1. The van der Waals surface area contributed by atoms with Crippen LogP contribution in [0.1, 0.15) is 44.9 Å². The van der Waals surface area contributed by atoms with Crippen LogP contribution in [0, 0.1) is 3.57 Å². The molecule has 0 saturated heterocycles. The Morgan fingerprint density at radius 1 is 1.14 bits per heavy atom. The quantitative estimate of drug-likeness (QED) is 0.257. The first-order chi connectivity index (χ1) is 17.8. The standard InChI is InChI=1S/C27H26ClIN2O5S/c1-5-34-19-10-8-16(9-11-19)23-22(26(33)36-7-3)15(4)30-27-31(23)25(32)21(37-27)13-17-12-18(28)14-20(29)24(17)35-6-2/h8-14,23H,5-7H2,1-4H3/b21-13-/t23-/m0/s1. The zero-order valence-corrected chi connectivity index (χ0v) is 24.6. The first-order valence-electron chi connectivity index (χ1n) is 11.8. The Morgan fingerprint density at radius 3 is 2.49 bits per heavy atom. The number of thiazole rings is 1. The van der Waals surface area contributed by atoms with Crippen LogP contribution in [0.15, 0.2) is 57.5 Å². The molecule has 0 saturated carbocycles. The molecule has 0 bridgehead atoms. The number of halogens is 2. The highest BCUT2D eigenvalue weighted by Gasteiger charge is 2.33. The summed E-state index contributed by atoms with van der Waals surface area (Å²) in [5.41, 5.74) is 2.02. The van der Waals surface area contributed by atoms with Gasteiger partial charge in [-0.25, -0.2) is 9.79 Å². The molecule has 1 aromatic heterocycles. The zero-order valence-electron chi connectivity index (χ0n) is 20.8. The number of rotatable bonds is 8. The molecule has 0 unspecified atom stereocenters. The first-order valence-corrected chi connectivity index (χ1v) is 14.1. The number of carbonyl (C=O) groups is 1. The van der Waals surface area contributed by atoms with Gasteiger partial charge in [0.15, 0.2) is 4.80 Å². The topological polar surface area (TPSA) is 79.1 Å². The van der Waals surface area contributed by atoms with Gasteiger partial charge in [-0.15, -0.1) is 0 Å². The molecule has 37 heavy (non-hydrogen) atoms. The summed E-state index contributed by atoms with van der Waals surface area (Å²) in [5, 5.41) is 0.541. The number of benzene rings is 2. The lowest BCUT2D eigenvalue weighted by Gasteiger charge is -2.24.